The number of nitrogens with zero attached hydrogens (tertiary/aromatic N) is 5. The van der Waals surface area contributed by atoms with Crippen LogP contribution in [0.2, 0.25) is 0 Å². The Balaban J connectivity index is 1.26. The Labute approximate surface area is 214 Å². The number of ether oxygens (including phenoxy) is 2. The lowest BCUT2D eigenvalue weighted by atomic mass is 10.0. The number of morpholine rings is 2. The first kappa shape index (κ1) is 21.7. The number of aromatic nitrogens is 3. The molecule has 1 aliphatic carbocycles. The van der Waals surface area contributed by atoms with Crippen molar-refractivity contribution < 1.29 is 13.9 Å². The van der Waals surface area contributed by atoms with Gasteiger partial charge in [0.15, 0.2) is 17.2 Å². The van der Waals surface area contributed by atoms with Crippen LogP contribution >= 0.6 is 0 Å². The highest BCUT2D eigenvalue weighted by molar-refractivity contribution is 6.05. The van der Waals surface area contributed by atoms with Crippen molar-refractivity contribution in [2.24, 2.45) is 0 Å². The van der Waals surface area contributed by atoms with Crippen molar-refractivity contribution in [2.45, 2.75) is 38.0 Å². The predicted molar refractivity (Wildman–Crippen MR) is 141 cm³/mol. The van der Waals surface area contributed by atoms with Gasteiger partial charge in [0.05, 0.1) is 30.8 Å². The number of fused-ring (bicyclic) bond motifs is 6. The molecule has 37 heavy (non-hydrogen) atoms. The van der Waals surface area contributed by atoms with Gasteiger partial charge >= 0.3 is 0 Å². The smallest absolute Gasteiger partial charge is 0.229 e. The van der Waals surface area contributed by atoms with E-state index in [-0.39, 0.29) is 0 Å². The van der Waals surface area contributed by atoms with Crippen molar-refractivity contribution in [2.75, 3.05) is 44.3 Å². The van der Waals surface area contributed by atoms with Crippen LogP contribution in [0.5, 0.6) is 0 Å². The molecule has 1 aromatic carbocycles. The van der Waals surface area contributed by atoms with E-state index in [2.05, 4.69) is 46.2 Å². The van der Waals surface area contributed by atoms with Gasteiger partial charge in [-0.05, 0) is 42.0 Å². The van der Waals surface area contributed by atoms with Crippen molar-refractivity contribution in [3.8, 4) is 11.4 Å². The van der Waals surface area contributed by atoms with Crippen molar-refractivity contribution in [3.63, 3.8) is 0 Å². The first-order chi connectivity index (χ1) is 18.3. The Morgan fingerprint density at radius 3 is 2.76 bits per heavy atom. The van der Waals surface area contributed by atoms with E-state index in [1.165, 1.54) is 29.5 Å². The molecule has 0 N–H and O–H groups in total. The molecule has 4 aromatic rings. The number of benzene rings is 1. The van der Waals surface area contributed by atoms with Crippen LogP contribution in [0.1, 0.15) is 29.5 Å². The lowest BCUT2D eigenvalue weighted by molar-refractivity contribution is -0.0410. The Morgan fingerprint density at radius 1 is 1.03 bits per heavy atom. The van der Waals surface area contributed by atoms with Gasteiger partial charge in [-0.2, -0.15) is 0 Å². The Morgan fingerprint density at radius 2 is 1.89 bits per heavy atom. The molecule has 8 rings (SSSR count). The summed E-state index contributed by atoms with van der Waals surface area (Å²) in [4.78, 5) is 19.7. The van der Waals surface area contributed by atoms with Crippen molar-refractivity contribution in [1.82, 2.24) is 19.9 Å². The molecule has 188 valence electrons. The summed E-state index contributed by atoms with van der Waals surface area (Å²) in [5.74, 6) is 1.56. The number of hydrogen-bond acceptors (Lipinski definition) is 8. The van der Waals surface area contributed by atoms with E-state index in [0.29, 0.717) is 36.7 Å². The molecule has 8 nitrogen and oxygen atoms in total. The third-order valence-corrected chi connectivity index (χ3v) is 8.10. The molecule has 2 atom stereocenters. The first-order valence-corrected chi connectivity index (χ1v) is 13.4. The molecule has 3 saturated heterocycles. The molecule has 3 fully saturated rings. The average Bonchev–Trinajstić information content (AvgIpc) is 3.65. The normalized spacial score (nSPS) is 23.4. The maximum atomic E-state index is 6.34. The van der Waals surface area contributed by atoms with Gasteiger partial charge < -0.3 is 18.8 Å². The van der Waals surface area contributed by atoms with Gasteiger partial charge in [-0.25, -0.2) is 15.0 Å². The van der Waals surface area contributed by atoms with Gasteiger partial charge in [-0.15, -0.1) is 0 Å². The van der Waals surface area contributed by atoms with E-state index in [9.17, 15) is 0 Å². The van der Waals surface area contributed by atoms with E-state index in [0.717, 1.165) is 67.3 Å². The number of likely N-dealkylation sites (tertiary alicyclic amines) is 1. The van der Waals surface area contributed by atoms with Crippen LogP contribution in [0.25, 0.3) is 39.7 Å². The van der Waals surface area contributed by atoms with Gasteiger partial charge in [0, 0.05) is 44.5 Å². The molecule has 8 heteroatoms. The number of hydrogen-bond donors (Lipinski definition) is 0. The standard InChI is InChI=1S/C29H29N5O3/c1-3-19-4-2-6-23(22(19)5-1)27-31-25-24-13-18(15-33-16-20-7-8-21(17-33)36-20)14-30-29(24)37-26(25)28(32-27)34-9-11-35-12-10-34/h1-2,4-6,13-14,20-21H,3,7-12,15-17H2/t20-,21?/m1/s1. The fourth-order valence-electron chi connectivity index (χ4n) is 6.33. The minimum Gasteiger partial charge on any atom is -0.432 e. The van der Waals surface area contributed by atoms with Gasteiger partial charge in [-0.1, -0.05) is 30.4 Å². The second-order valence-corrected chi connectivity index (χ2v) is 10.6. The van der Waals surface area contributed by atoms with Gasteiger partial charge in [0.25, 0.3) is 0 Å². The maximum absolute atomic E-state index is 6.34. The number of anilines is 1. The zero-order valence-electron chi connectivity index (χ0n) is 20.7. The maximum Gasteiger partial charge on any atom is 0.229 e. The summed E-state index contributed by atoms with van der Waals surface area (Å²) >= 11 is 0. The minimum absolute atomic E-state index is 0.373. The molecule has 2 bridgehead atoms. The summed E-state index contributed by atoms with van der Waals surface area (Å²) < 4.78 is 18.0. The fraction of sp³-hybridized carbons (Fsp3) is 0.414. The molecular weight excluding hydrogens is 466 g/mol. The predicted octanol–water partition coefficient (Wildman–Crippen LogP) is 4.21. The Hall–Kier alpha value is -3.33. The van der Waals surface area contributed by atoms with Gasteiger partial charge in [0.1, 0.15) is 5.52 Å². The molecule has 3 aliphatic heterocycles. The molecule has 0 saturated carbocycles. The third-order valence-electron chi connectivity index (χ3n) is 8.10. The number of rotatable bonds is 4. The van der Waals surface area contributed by atoms with E-state index < -0.39 is 0 Å². The van der Waals surface area contributed by atoms with Crippen LogP contribution in [0, 0.1) is 0 Å². The number of furan rings is 1. The summed E-state index contributed by atoms with van der Waals surface area (Å²) in [5.41, 5.74) is 6.91. The molecule has 0 radical (unpaired) electrons. The van der Waals surface area contributed by atoms with Crippen LogP contribution in [0.3, 0.4) is 0 Å². The topological polar surface area (TPSA) is 76.8 Å². The summed E-state index contributed by atoms with van der Waals surface area (Å²) in [6.45, 7) is 5.72. The summed E-state index contributed by atoms with van der Waals surface area (Å²) in [7, 11) is 0. The van der Waals surface area contributed by atoms with E-state index in [4.69, 9.17) is 28.8 Å². The quantitative estimate of drug-likeness (QED) is 0.417. The van der Waals surface area contributed by atoms with Crippen LogP contribution < -0.4 is 4.90 Å². The zero-order chi connectivity index (χ0) is 24.3. The van der Waals surface area contributed by atoms with E-state index >= 15 is 0 Å². The van der Waals surface area contributed by atoms with Crippen LogP contribution in [-0.4, -0.2) is 71.5 Å². The van der Waals surface area contributed by atoms with Crippen LogP contribution in [0.15, 0.2) is 41.0 Å². The second kappa shape index (κ2) is 8.62. The second-order valence-electron chi connectivity index (χ2n) is 10.6. The van der Waals surface area contributed by atoms with E-state index in [1.54, 1.807) is 0 Å². The minimum atomic E-state index is 0.373. The number of allylic oxidation sites excluding steroid dienone is 1. The first-order valence-electron chi connectivity index (χ1n) is 13.4. The molecule has 0 amide bonds. The highest BCUT2D eigenvalue weighted by atomic mass is 16.5. The van der Waals surface area contributed by atoms with Crippen molar-refractivity contribution in [3.05, 3.63) is 53.2 Å². The fourth-order valence-corrected chi connectivity index (χ4v) is 6.33. The summed E-state index contributed by atoms with van der Waals surface area (Å²) in [6, 6.07) is 8.62. The molecule has 4 aliphatic rings. The lowest BCUT2D eigenvalue weighted by Gasteiger charge is -2.31. The average molecular weight is 496 g/mol. The summed E-state index contributed by atoms with van der Waals surface area (Å²) in [5, 5.41) is 0.949. The largest absolute Gasteiger partial charge is 0.432 e. The van der Waals surface area contributed by atoms with Crippen molar-refractivity contribution >= 4 is 34.1 Å². The Kier molecular flexibility index (Phi) is 5.06. The Bertz CT molecular complexity index is 1530. The van der Waals surface area contributed by atoms with Crippen molar-refractivity contribution in [1.29, 1.82) is 0 Å². The highest BCUT2D eigenvalue weighted by Crippen LogP contribution is 2.37. The van der Waals surface area contributed by atoms with Crippen LogP contribution in [0.4, 0.5) is 5.82 Å². The monoisotopic (exact) mass is 495 g/mol. The molecule has 0 spiro atoms. The lowest BCUT2D eigenvalue weighted by Crippen LogP contribution is -2.41. The summed E-state index contributed by atoms with van der Waals surface area (Å²) in [6.07, 6.45) is 10.4. The molecule has 3 aromatic heterocycles. The highest BCUT2D eigenvalue weighted by Gasteiger charge is 2.33. The molecular formula is C29H29N5O3. The number of pyridine rings is 1. The molecule has 6 heterocycles. The van der Waals surface area contributed by atoms with Gasteiger partial charge in [-0.3, -0.25) is 4.90 Å². The van der Waals surface area contributed by atoms with E-state index in [1.807, 2.05) is 6.20 Å². The zero-order valence-corrected chi connectivity index (χ0v) is 20.7. The van der Waals surface area contributed by atoms with Crippen LogP contribution in [-0.2, 0) is 22.4 Å². The van der Waals surface area contributed by atoms with Gasteiger partial charge in [0.2, 0.25) is 5.71 Å². The molecule has 1 unspecified atom stereocenters. The third kappa shape index (κ3) is 3.74. The SMILES string of the molecule is C1=Cc2c(cccc2-c2nc(N3CCOCC3)c3oc4ncc(CN5CC6CC[C@H](C5)O6)cc4c3n2)C1.